The Hall–Kier alpha value is -2.89. The van der Waals surface area contributed by atoms with Gasteiger partial charge in [0, 0.05) is 23.0 Å². The quantitative estimate of drug-likeness (QED) is 0.645. The molecule has 0 unspecified atom stereocenters. The summed E-state index contributed by atoms with van der Waals surface area (Å²) in [7, 11) is 0. The number of benzene rings is 2. The van der Waals surface area contributed by atoms with Gasteiger partial charge in [-0.25, -0.2) is 0 Å². The predicted octanol–water partition coefficient (Wildman–Crippen LogP) is 3.88. The van der Waals surface area contributed by atoms with Gasteiger partial charge in [-0.15, -0.1) is 0 Å². The van der Waals surface area contributed by atoms with Crippen LogP contribution in [0.1, 0.15) is 22.3 Å². The summed E-state index contributed by atoms with van der Waals surface area (Å²) in [5.41, 5.74) is 4.97. The lowest BCUT2D eigenvalue weighted by Crippen LogP contribution is -2.22. The van der Waals surface area contributed by atoms with Crippen LogP contribution in [0.15, 0.2) is 30.3 Å². The van der Waals surface area contributed by atoms with Gasteiger partial charge >= 0.3 is 0 Å². The maximum atomic E-state index is 12.1. The largest absolute Gasteiger partial charge is 0.376 e. The van der Waals surface area contributed by atoms with Crippen molar-refractivity contribution in [1.29, 1.82) is 0 Å². The summed E-state index contributed by atoms with van der Waals surface area (Å²) < 4.78 is 0. The third-order valence-corrected chi connectivity index (χ3v) is 3.84. The number of aryl methyl sites for hydroxylation is 4. The Morgan fingerprint density at radius 2 is 1.67 bits per heavy atom. The summed E-state index contributed by atoms with van der Waals surface area (Å²) in [4.78, 5) is 22.7. The van der Waals surface area contributed by atoms with Crippen molar-refractivity contribution in [2.24, 2.45) is 0 Å². The SMILES string of the molecule is Cc1ccc(NC(=O)CNc2cc([N+](=O)[O-])c(C)cc2C)c(C)c1. The second-order valence-electron chi connectivity index (χ2n) is 5.93. The molecule has 0 spiro atoms. The van der Waals surface area contributed by atoms with Gasteiger partial charge in [-0.2, -0.15) is 0 Å². The molecule has 2 N–H and O–H groups in total. The Bertz CT molecular complexity index is 800. The molecular weight excluding hydrogens is 306 g/mol. The number of hydrogen-bond acceptors (Lipinski definition) is 4. The second-order valence-corrected chi connectivity index (χ2v) is 5.93. The normalized spacial score (nSPS) is 10.3. The number of hydrogen-bond donors (Lipinski definition) is 2. The maximum absolute atomic E-state index is 12.1. The van der Waals surface area contributed by atoms with Crippen molar-refractivity contribution in [2.75, 3.05) is 17.2 Å². The van der Waals surface area contributed by atoms with Crippen LogP contribution in [0.5, 0.6) is 0 Å². The number of nitrogens with one attached hydrogen (secondary N) is 2. The topological polar surface area (TPSA) is 84.3 Å². The zero-order valence-electron chi connectivity index (χ0n) is 14.3. The van der Waals surface area contributed by atoms with E-state index in [0.29, 0.717) is 11.3 Å². The first kappa shape index (κ1) is 17.5. The first-order valence-corrected chi connectivity index (χ1v) is 7.64. The van der Waals surface area contributed by atoms with Crippen LogP contribution in [-0.2, 0) is 4.79 Å². The predicted molar refractivity (Wildman–Crippen MR) is 95.6 cm³/mol. The van der Waals surface area contributed by atoms with Crippen molar-refractivity contribution in [3.05, 3.63) is 62.7 Å². The van der Waals surface area contributed by atoms with Gasteiger partial charge in [-0.05, 0) is 51.0 Å². The molecule has 6 nitrogen and oxygen atoms in total. The average Bonchev–Trinajstić information content (AvgIpc) is 2.49. The lowest BCUT2D eigenvalue weighted by atomic mass is 10.1. The standard InChI is InChI=1S/C18H21N3O3/c1-11-5-6-15(12(2)7-11)20-18(22)10-19-16-9-17(21(23)24)14(4)8-13(16)3/h5-9,19H,10H2,1-4H3,(H,20,22). The molecule has 0 fully saturated rings. The summed E-state index contributed by atoms with van der Waals surface area (Å²) in [5, 5.41) is 16.8. The Kier molecular flexibility index (Phi) is 5.18. The van der Waals surface area contributed by atoms with Crippen LogP contribution in [0.4, 0.5) is 17.1 Å². The highest BCUT2D eigenvalue weighted by atomic mass is 16.6. The smallest absolute Gasteiger partial charge is 0.274 e. The third kappa shape index (κ3) is 4.10. The fourth-order valence-corrected chi connectivity index (χ4v) is 2.55. The number of anilines is 2. The minimum atomic E-state index is -0.421. The van der Waals surface area contributed by atoms with Crippen molar-refractivity contribution in [1.82, 2.24) is 0 Å². The Balaban J connectivity index is 2.06. The van der Waals surface area contributed by atoms with Crippen LogP contribution in [0, 0.1) is 37.8 Å². The van der Waals surface area contributed by atoms with Gasteiger partial charge in [0.2, 0.25) is 5.91 Å². The molecule has 1 amide bonds. The second kappa shape index (κ2) is 7.12. The van der Waals surface area contributed by atoms with E-state index in [1.807, 2.05) is 39.0 Å². The van der Waals surface area contributed by atoms with Gasteiger partial charge < -0.3 is 10.6 Å². The van der Waals surface area contributed by atoms with Crippen LogP contribution in [-0.4, -0.2) is 17.4 Å². The first-order valence-electron chi connectivity index (χ1n) is 7.64. The van der Waals surface area contributed by atoms with E-state index in [9.17, 15) is 14.9 Å². The third-order valence-electron chi connectivity index (χ3n) is 3.84. The van der Waals surface area contributed by atoms with E-state index in [1.165, 1.54) is 6.07 Å². The molecule has 0 bridgehead atoms. The number of carbonyl (C=O) groups is 1. The maximum Gasteiger partial charge on any atom is 0.274 e. The van der Waals surface area contributed by atoms with Crippen molar-refractivity contribution in [3.63, 3.8) is 0 Å². The summed E-state index contributed by atoms with van der Waals surface area (Å²) in [6, 6.07) is 9.00. The highest BCUT2D eigenvalue weighted by molar-refractivity contribution is 5.94. The molecule has 0 radical (unpaired) electrons. The van der Waals surface area contributed by atoms with Crippen LogP contribution < -0.4 is 10.6 Å². The summed E-state index contributed by atoms with van der Waals surface area (Å²) >= 11 is 0. The van der Waals surface area contributed by atoms with Crippen molar-refractivity contribution in [3.8, 4) is 0 Å². The van der Waals surface area contributed by atoms with E-state index < -0.39 is 4.92 Å². The van der Waals surface area contributed by atoms with Crippen LogP contribution in [0.2, 0.25) is 0 Å². The Morgan fingerprint density at radius 1 is 1.00 bits per heavy atom. The van der Waals surface area contributed by atoms with E-state index in [2.05, 4.69) is 10.6 Å². The van der Waals surface area contributed by atoms with E-state index >= 15 is 0 Å². The molecule has 2 aromatic rings. The molecule has 0 saturated heterocycles. The van der Waals surface area contributed by atoms with Crippen molar-refractivity contribution < 1.29 is 9.72 Å². The molecule has 24 heavy (non-hydrogen) atoms. The zero-order valence-corrected chi connectivity index (χ0v) is 14.3. The average molecular weight is 327 g/mol. The zero-order chi connectivity index (χ0) is 17.9. The van der Waals surface area contributed by atoms with Gasteiger partial charge in [-0.3, -0.25) is 14.9 Å². The molecule has 126 valence electrons. The van der Waals surface area contributed by atoms with E-state index in [4.69, 9.17) is 0 Å². The molecule has 0 saturated carbocycles. The highest BCUT2D eigenvalue weighted by Crippen LogP contribution is 2.26. The summed E-state index contributed by atoms with van der Waals surface area (Å²) in [6.45, 7) is 7.51. The highest BCUT2D eigenvalue weighted by Gasteiger charge is 2.14. The van der Waals surface area contributed by atoms with Crippen LogP contribution in [0.25, 0.3) is 0 Å². The molecule has 2 rings (SSSR count). The number of rotatable bonds is 5. The number of carbonyl (C=O) groups excluding carboxylic acids is 1. The van der Waals surface area contributed by atoms with Gasteiger partial charge in [-0.1, -0.05) is 17.7 Å². The molecule has 0 aliphatic carbocycles. The van der Waals surface area contributed by atoms with Gasteiger partial charge in [0.25, 0.3) is 5.69 Å². The minimum absolute atomic E-state index is 0.0361. The molecule has 0 aliphatic heterocycles. The lowest BCUT2D eigenvalue weighted by molar-refractivity contribution is -0.385. The summed E-state index contributed by atoms with van der Waals surface area (Å²) in [5.74, 6) is -0.204. The van der Waals surface area contributed by atoms with E-state index in [-0.39, 0.29) is 18.1 Å². The molecule has 6 heteroatoms. The first-order chi connectivity index (χ1) is 11.3. The minimum Gasteiger partial charge on any atom is -0.376 e. The molecule has 0 atom stereocenters. The van der Waals surface area contributed by atoms with E-state index in [1.54, 1.807) is 13.0 Å². The number of nitrogens with zero attached hydrogens (tertiary/aromatic N) is 1. The monoisotopic (exact) mass is 327 g/mol. The van der Waals surface area contributed by atoms with Crippen LogP contribution in [0.3, 0.4) is 0 Å². The van der Waals surface area contributed by atoms with E-state index in [0.717, 1.165) is 22.4 Å². The lowest BCUT2D eigenvalue weighted by Gasteiger charge is -2.12. The molecule has 0 aliphatic rings. The molecule has 0 heterocycles. The number of amides is 1. The number of nitro groups is 1. The summed E-state index contributed by atoms with van der Waals surface area (Å²) in [6.07, 6.45) is 0. The van der Waals surface area contributed by atoms with Gasteiger partial charge in [0.05, 0.1) is 11.5 Å². The van der Waals surface area contributed by atoms with Crippen LogP contribution >= 0.6 is 0 Å². The van der Waals surface area contributed by atoms with Gasteiger partial charge in [0.1, 0.15) is 0 Å². The number of nitro benzene ring substituents is 1. The Morgan fingerprint density at radius 3 is 2.29 bits per heavy atom. The fraction of sp³-hybridized carbons (Fsp3) is 0.278. The Labute approximate surface area is 141 Å². The van der Waals surface area contributed by atoms with Gasteiger partial charge in [0.15, 0.2) is 0 Å². The fourth-order valence-electron chi connectivity index (χ4n) is 2.55. The van der Waals surface area contributed by atoms with Crippen molar-refractivity contribution >= 4 is 23.0 Å². The van der Waals surface area contributed by atoms with Crippen molar-refractivity contribution in [2.45, 2.75) is 27.7 Å². The molecule has 2 aromatic carbocycles. The molecule has 0 aromatic heterocycles. The molecular formula is C18H21N3O3.